The number of benzene rings is 1. The van der Waals surface area contributed by atoms with Crippen LogP contribution >= 0.6 is 0 Å². The first-order valence-electron chi connectivity index (χ1n) is 8.11. The summed E-state index contributed by atoms with van der Waals surface area (Å²) < 4.78 is 5.59. The van der Waals surface area contributed by atoms with E-state index in [1.54, 1.807) is 37.3 Å². The van der Waals surface area contributed by atoms with Crippen LogP contribution in [0.25, 0.3) is 0 Å². The van der Waals surface area contributed by atoms with Crippen molar-refractivity contribution in [3.8, 4) is 0 Å². The van der Waals surface area contributed by atoms with Crippen LogP contribution in [0.3, 0.4) is 0 Å². The lowest BCUT2D eigenvalue weighted by Crippen LogP contribution is -2.44. The van der Waals surface area contributed by atoms with E-state index in [9.17, 15) is 14.7 Å². The monoisotopic (exact) mass is 329 g/mol. The number of furan rings is 1. The van der Waals surface area contributed by atoms with E-state index in [4.69, 9.17) is 4.42 Å². The number of amides is 1. The predicted molar refractivity (Wildman–Crippen MR) is 91.2 cm³/mol. The summed E-state index contributed by atoms with van der Waals surface area (Å²) in [4.78, 5) is 24.1. The minimum Gasteiger partial charge on any atom is -0.481 e. The Balaban J connectivity index is 2.16. The van der Waals surface area contributed by atoms with Gasteiger partial charge in [0.05, 0.1) is 0 Å². The molecule has 0 aliphatic rings. The van der Waals surface area contributed by atoms with Gasteiger partial charge in [-0.1, -0.05) is 44.2 Å². The molecule has 0 aliphatic carbocycles. The van der Waals surface area contributed by atoms with Crippen LogP contribution in [0.1, 0.15) is 48.2 Å². The first-order chi connectivity index (χ1) is 11.4. The number of hydrogen-bond donors (Lipinski definition) is 2. The first kappa shape index (κ1) is 17.8. The maximum Gasteiger partial charge on any atom is 0.315 e. The third-order valence-electron chi connectivity index (χ3n) is 4.31. The summed E-state index contributed by atoms with van der Waals surface area (Å²) in [6.07, 6.45) is 1.50. The summed E-state index contributed by atoms with van der Waals surface area (Å²) in [7, 11) is 0. The second-order valence-corrected chi connectivity index (χ2v) is 5.95. The Morgan fingerprint density at radius 1 is 1.17 bits per heavy atom. The summed E-state index contributed by atoms with van der Waals surface area (Å²) in [6, 6.07) is 10.6. The highest BCUT2D eigenvalue weighted by Gasteiger charge is 2.35. The number of carboxylic acids is 1. The van der Waals surface area contributed by atoms with E-state index >= 15 is 0 Å². The Hall–Kier alpha value is -2.56. The molecule has 1 unspecified atom stereocenters. The quantitative estimate of drug-likeness (QED) is 0.817. The highest BCUT2D eigenvalue weighted by atomic mass is 16.4. The Morgan fingerprint density at radius 3 is 2.33 bits per heavy atom. The lowest BCUT2D eigenvalue weighted by atomic mass is 9.82. The van der Waals surface area contributed by atoms with E-state index in [0.29, 0.717) is 12.0 Å². The summed E-state index contributed by atoms with van der Waals surface area (Å²) in [6.45, 7) is 5.55. The summed E-state index contributed by atoms with van der Waals surface area (Å²) in [5.41, 5.74) is 0.442. The summed E-state index contributed by atoms with van der Waals surface area (Å²) in [5, 5.41) is 12.3. The van der Waals surface area contributed by atoms with Crippen molar-refractivity contribution in [2.75, 3.05) is 6.54 Å². The molecule has 5 nitrogen and oxygen atoms in total. The number of hydrogen-bond acceptors (Lipinski definition) is 3. The first-order valence-corrected chi connectivity index (χ1v) is 8.11. The van der Waals surface area contributed by atoms with E-state index in [-0.39, 0.29) is 12.3 Å². The molecule has 0 aliphatic heterocycles. The molecule has 1 aromatic carbocycles. The number of aliphatic carboxylic acids is 1. The van der Waals surface area contributed by atoms with Crippen LogP contribution in [0, 0.1) is 0 Å². The molecule has 2 aromatic rings. The molecule has 2 rings (SSSR count). The standard InChI is InChI=1S/C19H23NO4/c1-4-13-11-16(24-15(13)5-2)17(21)20-12-19(3,18(22)23)14-9-7-6-8-10-14/h6-11H,4-5,12H2,1-3H3,(H,20,21)(H,22,23). The lowest BCUT2D eigenvalue weighted by Gasteiger charge is -2.25. The molecule has 1 amide bonds. The maximum atomic E-state index is 12.3. The number of carboxylic acid groups (broad SMARTS) is 1. The molecule has 0 spiro atoms. The van der Waals surface area contributed by atoms with E-state index in [2.05, 4.69) is 5.32 Å². The smallest absolute Gasteiger partial charge is 0.315 e. The largest absolute Gasteiger partial charge is 0.481 e. The number of nitrogens with one attached hydrogen (secondary N) is 1. The van der Waals surface area contributed by atoms with Crippen molar-refractivity contribution in [2.45, 2.75) is 39.0 Å². The van der Waals surface area contributed by atoms with Crippen molar-refractivity contribution in [3.63, 3.8) is 0 Å². The van der Waals surface area contributed by atoms with Gasteiger partial charge in [-0.2, -0.15) is 0 Å². The van der Waals surface area contributed by atoms with Crippen LogP contribution in [0.4, 0.5) is 0 Å². The molecule has 0 saturated heterocycles. The van der Waals surface area contributed by atoms with Gasteiger partial charge in [-0.3, -0.25) is 9.59 Å². The Labute approximate surface area is 141 Å². The second-order valence-electron chi connectivity index (χ2n) is 5.95. The molecule has 1 atom stereocenters. The third kappa shape index (κ3) is 3.50. The average Bonchev–Trinajstić information content (AvgIpc) is 3.03. The zero-order valence-electron chi connectivity index (χ0n) is 14.3. The van der Waals surface area contributed by atoms with Gasteiger partial charge in [0.2, 0.25) is 0 Å². The van der Waals surface area contributed by atoms with Crippen molar-refractivity contribution in [3.05, 3.63) is 59.0 Å². The third-order valence-corrected chi connectivity index (χ3v) is 4.31. The Kier molecular flexibility index (Phi) is 5.44. The zero-order chi connectivity index (χ0) is 17.7. The van der Waals surface area contributed by atoms with Gasteiger partial charge in [0.25, 0.3) is 5.91 Å². The van der Waals surface area contributed by atoms with E-state index < -0.39 is 17.3 Å². The van der Waals surface area contributed by atoms with Gasteiger partial charge in [-0.25, -0.2) is 0 Å². The number of carbonyl (C=O) groups is 2. The molecule has 1 heterocycles. The fraction of sp³-hybridized carbons (Fsp3) is 0.368. The fourth-order valence-electron chi connectivity index (χ4n) is 2.63. The van der Waals surface area contributed by atoms with E-state index in [1.807, 2.05) is 19.9 Å². The van der Waals surface area contributed by atoms with Gasteiger partial charge in [-0.15, -0.1) is 0 Å². The topological polar surface area (TPSA) is 79.5 Å². The Morgan fingerprint density at radius 2 is 1.83 bits per heavy atom. The fourth-order valence-corrected chi connectivity index (χ4v) is 2.63. The normalized spacial score (nSPS) is 13.3. The van der Waals surface area contributed by atoms with Crippen LogP contribution in [0.5, 0.6) is 0 Å². The molecule has 128 valence electrons. The number of carbonyl (C=O) groups excluding carboxylic acids is 1. The molecule has 2 N–H and O–H groups in total. The van der Waals surface area contributed by atoms with Crippen LogP contribution in [0.15, 0.2) is 40.8 Å². The minimum atomic E-state index is -1.20. The molecule has 0 bridgehead atoms. The zero-order valence-corrected chi connectivity index (χ0v) is 14.3. The predicted octanol–water partition coefficient (Wildman–Crippen LogP) is 3.18. The molecular weight excluding hydrogens is 306 g/mol. The van der Waals surface area contributed by atoms with Gasteiger partial charge >= 0.3 is 5.97 Å². The molecule has 1 aromatic heterocycles. The van der Waals surface area contributed by atoms with Crippen molar-refractivity contribution in [1.82, 2.24) is 5.32 Å². The van der Waals surface area contributed by atoms with Crippen molar-refractivity contribution in [1.29, 1.82) is 0 Å². The highest BCUT2D eigenvalue weighted by Crippen LogP contribution is 2.24. The van der Waals surface area contributed by atoms with Crippen LogP contribution < -0.4 is 5.32 Å². The second kappa shape index (κ2) is 7.34. The van der Waals surface area contributed by atoms with E-state index in [1.165, 1.54) is 0 Å². The van der Waals surface area contributed by atoms with Crippen molar-refractivity contribution < 1.29 is 19.1 Å². The SMILES string of the molecule is CCc1cc(C(=O)NCC(C)(C(=O)O)c2ccccc2)oc1CC. The number of rotatable bonds is 7. The van der Waals surface area contributed by atoms with Crippen molar-refractivity contribution >= 4 is 11.9 Å². The maximum absolute atomic E-state index is 12.3. The molecular formula is C19H23NO4. The van der Waals surface area contributed by atoms with Gasteiger partial charge in [0, 0.05) is 13.0 Å². The molecule has 0 saturated carbocycles. The van der Waals surface area contributed by atoms with Crippen LogP contribution in [-0.4, -0.2) is 23.5 Å². The molecule has 24 heavy (non-hydrogen) atoms. The van der Waals surface area contributed by atoms with Crippen LogP contribution in [0.2, 0.25) is 0 Å². The van der Waals surface area contributed by atoms with Crippen molar-refractivity contribution in [2.24, 2.45) is 0 Å². The number of aryl methyl sites for hydroxylation is 2. The van der Waals surface area contributed by atoms with Gasteiger partial charge in [0.15, 0.2) is 5.76 Å². The average molecular weight is 329 g/mol. The van der Waals surface area contributed by atoms with Gasteiger partial charge < -0.3 is 14.8 Å². The van der Waals surface area contributed by atoms with E-state index in [0.717, 1.165) is 17.7 Å². The molecule has 0 fully saturated rings. The minimum absolute atomic E-state index is 0.0191. The highest BCUT2D eigenvalue weighted by molar-refractivity contribution is 5.92. The summed E-state index contributed by atoms with van der Waals surface area (Å²) in [5.74, 6) is -0.360. The van der Waals surface area contributed by atoms with Gasteiger partial charge in [0.1, 0.15) is 11.2 Å². The summed E-state index contributed by atoms with van der Waals surface area (Å²) >= 11 is 0. The molecule has 0 radical (unpaired) electrons. The molecule has 5 heteroatoms. The Bertz CT molecular complexity index is 699. The van der Waals surface area contributed by atoms with Gasteiger partial charge in [-0.05, 0) is 30.5 Å². The van der Waals surface area contributed by atoms with Crippen LogP contribution in [-0.2, 0) is 23.1 Å². The lowest BCUT2D eigenvalue weighted by molar-refractivity contribution is -0.142.